The number of aryl methyl sites for hydroxylation is 1. The zero-order valence-corrected chi connectivity index (χ0v) is 11.3. The highest BCUT2D eigenvalue weighted by Crippen LogP contribution is 2.41. The van der Waals surface area contributed by atoms with E-state index in [4.69, 9.17) is 10.5 Å². The summed E-state index contributed by atoms with van der Waals surface area (Å²) < 4.78 is 5.59. The third kappa shape index (κ3) is 2.47. The van der Waals surface area contributed by atoms with Gasteiger partial charge < -0.3 is 10.5 Å². The van der Waals surface area contributed by atoms with Crippen LogP contribution in [-0.2, 0) is 6.42 Å². The molecule has 0 heterocycles. The molecule has 1 saturated carbocycles. The number of nitrogens with two attached hydrogens (primary N) is 1. The fourth-order valence-corrected chi connectivity index (χ4v) is 2.46. The second-order valence-electron chi connectivity index (χ2n) is 5.68. The zero-order chi connectivity index (χ0) is 12.6. The summed E-state index contributed by atoms with van der Waals surface area (Å²) in [5.74, 6) is 1.55. The van der Waals surface area contributed by atoms with Crippen molar-refractivity contribution in [1.82, 2.24) is 0 Å². The van der Waals surface area contributed by atoms with Crippen molar-refractivity contribution in [3.63, 3.8) is 0 Å². The van der Waals surface area contributed by atoms with Crippen LogP contribution in [0.4, 0.5) is 0 Å². The van der Waals surface area contributed by atoms with Crippen molar-refractivity contribution in [1.29, 1.82) is 0 Å². The fraction of sp³-hybridized carbons (Fsp3) is 0.600. The highest BCUT2D eigenvalue weighted by atomic mass is 16.5. The molecule has 1 fully saturated rings. The Morgan fingerprint density at radius 2 is 2.00 bits per heavy atom. The van der Waals surface area contributed by atoms with Crippen LogP contribution in [0.1, 0.15) is 49.3 Å². The van der Waals surface area contributed by atoms with E-state index in [0.29, 0.717) is 5.92 Å². The van der Waals surface area contributed by atoms with Gasteiger partial charge in [0, 0.05) is 5.54 Å². The third-order valence-electron chi connectivity index (χ3n) is 3.74. The fourth-order valence-electron chi connectivity index (χ4n) is 2.46. The largest absolute Gasteiger partial charge is 0.496 e. The van der Waals surface area contributed by atoms with Crippen LogP contribution in [0.15, 0.2) is 12.1 Å². The number of benzene rings is 1. The SMILES string of the molecule is COc1c(C)ccc(C(C)C)c1CC1(N)CC1. The summed E-state index contributed by atoms with van der Waals surface area (Å²) >= 11 is 0. The van der Waals surface area contributed by atoms with E-state index in [1.54, 1.807) is 7.11 Å². The summed E-state index contributed by atoms with van der Waals surface area (Å²) in [5.41, 5.74) is 10.2. The molecule has 1 aliphatic carbocycles. The average Bonchev–Trinajstić information content (AvgIpc) is 2.96. The third-order valence-corrected chi connectivity index (χ3v) is 3.74. The van der Waals surface area contributed by atoms with Crippen molar-refractivity contribution in [2.45, 2.75) is 51.5 Å². The van der Waals surface area contributed by atoms with Crippen LogP contribution in [0.2, 0.25) is 0 Å². The van der Waals surface area contributed by atoms with Crippen LogP contribution in [-0.4, -0.2) is 12.6 Å². The maximum atomic E-state index is 6.27. The first kappa shape index (κ1) is 12.4. The van der Waals surface area contributed by atoms with Gasteiger partial charge in [-0.2, -0.15) is 0 Å². The summed E-state index contributed by atoms with van der Waals surface area (Å²) in [4.78, 5) is 0. The summed E-state index contributed by atoms with van der Waals surface area (Å²) in [7, 11) is 1.76. The molecule has 2 heteroatoms. The summed E-state index contributed by atoms with van der Waals surface area (Å²) in [6.07, 6.45) is 3.23. The Labute approximate surface area is 104 Å². The molecule has 17 heavy (non-hydrogen) atoms. The smallest absolute Gasteiger partial charge is 0.125 e. The lowest BCUT2D eigenvalue weighted by molar-refractivity contribution is 0.403. The molecule has 94 valence electrons. The van der Waals surface area contributed by atoms with E-state index in [1.165, 1.54) is 16.7 Å². The van der Waals surface area contributed by atoms with Gasteiger partial charge in [0.05, 0.1) is 7.11 Å². The van der Waals surface area contributed by atoms with Gasteiger partial charge in [0.1, 0.15) is 5.75 Å². The molecule has 1 aromatic carbocycles. The summed E-state index contributed by atoms with van der Waals surface area (Å²) in [6, 6.07) is 4.37. The summed E-state index contributed by atoms with van der Waals surface area (Å²) in [6.45, 7) is 6.55. The second kappa shape index (κ2) is 4.34. The van der Waals surface area contributed by atoms with E-state index < -0.39 is 0 Å². The Morgan fingerprint density at radius 1 is 1.35 bits per heavy atom. The van der Waals surface area contributed by atoms with Crippen LogP contribution in [0.3, 0.4) is 0 Å². The molecule has 0 saturated heterocycles. The maximum absolute atomic E-state index is 6.27. The van der Waals surface area contributed by atoms with E-state index in [0.717, 1.165) is 25.0 Å². The Kier molecular flexibility index (Phi) is 3.17. The minimum absolute atomic E-state index is 0.0325. The zero-order valence-electron chi connectivity index (χ0n) is 11.3. The van der Waals surface area contributed by atoms with Gasteiger partial charge in [0.25, 0.3) is 0 Å². The molecule has 0 unspecified atom stereocenters. The van der Waals surface area contributed by atoms with Gasteiger partial charge in [-0.3, -0.25) is 0 Å². The number of rotatable bonds is 4. The molecule has 0 bridgehead atoms. The standard InChI is InChI=1S/C15H23NO/c1-10(2)12-6-5-11(3)14(17-4)13(12)9-15(16)7-8-15/h5-6,10H,7-9,16H2,1-4H3. The molecule has 0 aliphatic heterocycles. The predicted octanol–water partition coefficient (Wildman–Crippen LogP) is 3.16. The van der Waals surface area contributed by atoms with Gasteiger partial charge in [-0.15, -0.1) is 0 Å². The van der Waals surface area contributed by atoms with E-state index in [2.05, 4.69) is 32.9 Å². The predicted molar refractivity (Wildman–Crippen MR) is 71.7 cm³/mol. The molecule has 0 atom stereocenters. The molecule has 1 aromatic rings. The molecule has 2 N–H and O–H groups in total. The first-order valence-electron chi connectivity index (χ1n) is 6.42. The van der Waals surface area contributed by atoms with Gasteiger partial charge in [-0.1, -0.05) is 26.0 Å². The van der Waals surface area contributed by atoms with E-state index in [1.807, 2.05) is 0 Å². The lowest BCUT2D eigenvalue weighted by atomic mass is 9.90. The van der Waals surface area contributed by atoms with E-state index in [9.17, 15) is 0 Å². The minimum Gasteiger partial charge on any atom is -0.496 e. The number of methoxy groups -OCH3 is 1. The maximum Gasteiger partial charge on any atom is 0.125 e. The molecule has 2 rings (SSSR count). The quantitative estimate of drug-likeness (QED) is 0.867. The minimum atomic E-state index is 0.0325. The van der Waals surface area contributed by atoms with E-state index in [-0.39, 0.29) is 5.54 Å². The second-order valence-corrected chi connectivity index (χ2v) is 5.68. The Bertz CT molecular complexity index is 419. The Balaban J connectivity index is 2.46. The monoisotopic (exact) mass is 233 g/mol. The highest BCUT2D eigenvalue weighted by Gasteiger charge is 2.39. The first-order chi connectivity index (χ1) is 7.97. The highest BCUT2D eigenvalue weighted by molar-refractivity contribution is 5.48. The molecule has 0 amide bonds. The lowest BCUT2D eigenvalue weighted by Crippen LogP contribution is -2.25. The van der Waals surface area contributed by atoms with Crippen molar-refractivity contribution < 1.29 is 4.74 Å². The van der Waals surface area contributed by atoms with Crippen LogP contribution in [0.25, 0.3) is 0 Å². The normalized spacial score (nSPS) is 17.3. The number of hydrogen-bond donors (Lipinski definition) is 1. The summed E-state index contributed by atoms with van der Waals surface area (Å²) in [5, 5.41) is 0. The molecular formula is C15H23NO. The van der Waals surface area contributed by atoms with Crippen molar-refractivity contribution in [2.75, 3.05) is 7.11 Å². The van der Waals surface area contributed by atoms with Crippen LogP contribution in [0, 0.1) is 6.92 Å². The van der Waals surface area contributed by atoms with Crippen LogP contribution in [0.5, 0.6) is 5.75 Å². The lowest BCUT2D eigenvalue weighted by Gasteiger charge is -2.20. The van der Waals surface area contributed by atoms with Crippen molar-refractivity contribution in [3.05, 3.63) is 28.8 Å². The molecule has 0 spiro atoms. The van der Waals surface area contributed by atoms with Gasteiger partial charge in [0.15, 0.2) is 0 Å². The molecule has 0 radical (unpaired) electrons. The van der Waals surface area contributed by atoms with Crippen molar-refractivity contribution in [2.24, 2.45) is 5.73 Å². The van der Waals surface area contributed by atoms with Crippen molar-refractivity contribution in [3.8, 4) is 5.75 Å². The molecule has 0 aromatic heterocycles. The first-order valence-corrected chi connectivity index (χ1v) is 6.42. The number of hydrogen-bond acceptors (Lipinski definition) is 2. The van der Waals surface area contributed by atoms with Crippen LogP contribution >= 0.6 is 0 Å². The Hall–Kier alpha value is -1.02. The molecule has 2 nitrogen and oxygen atoms in total. The molecular weight excluding hydrogens is 210 g/mol. The van der Waals surface area contributed by atoms with E-state index >= 15 is 0 Å². The topological polar surface area (TPSA) is 35.2 Å². The van der Waals surface area contributed by atoms with Gasteiger partial charge in [0.2, 0.25) is 0 Å². The van der Waals surface area contributed by atoms with Gasteiger partial charge in [-0.05, 0) is 48.8 Å². The van der Waals surface area contributed by atoms with Gasteiger partial charge in [-0.25, -0.2) is 0 Å². The Morgan fingerprint density at radius 3 is 2.47 bits per heavy atom. The van der Waals surface area contributed by atoms with Crippen LogP contribution < -0.4 is 10.5 Å². The average molecular weight is 233 g/mol. The van der Waals surface area contributed by atoms with Crippen molar-refractivity contribution >= 4 is 0 Å². The molecule has 1 aliphatic rings. The number of ether oxygens (including phenoxy) is 1. The van der Waals surface area contributed by atoms with Gasteiger partial charge >= 0.3 is 0 Å².